The third-order valence-electron chi connectivity index (χ3n) is 4.67. The van der Waals surface area contributed by atoms with Gasteiger partial charge in [0.1, 0.15) is 36.6 Å². The van der Waals surface area contributed by atoms with Gasteiger partial charge < -0.3 is 24.4 Å². The van der Waals surface area contributed by atoms with Gasteiger partial charge in [-0.3, -0.25) is 0 Å². The number of aliphatic hydroxyl groups is 1. The van der Waals surface area contributed by atoms with E-state index in [0.717, 1.165) is 37.6 Å². The van der Waals surface area contributed by atoms with E-state index in [1.807, 2.05) is 30.3 Å². The van der Waals surface area contributed by atoms with Crippen LogP contribution in [-0.4, -0.2) is 57.7 Å². The first-order chi connectivity index (χ1) is 12.6. The predicted octanol–water partition coefficient (Wildman–Crippen LogP) is 0.979. The van der Waals surface area contributed by atoms with Crippen molar-refractivity contribution in [2.75, 3.05) is 51.3 Å². The number of rotatable bonds is 7. The van der Waals surface area contributed by atoms with Crippen LogP contribution in [0.25, 0.3) is 0 Å². The van der Waals surface area contributed by atoms with Crippen molar-refractivity contribution in [1.82, 2.24) is 0 Å². The van der Waals surface area contributed by atoms with Gasteiger partial charge in [-0.25, -0.2) is 4.39 Å². The summed E-state index contributed by atoms with van der Waals surface area (Å²) in [5.41, 5.74) is 1.05. The zero-order valence-electron chi connectivity index (χ0n) is 15.0. The minimum absolute atomic E-state index is 0.211. The molecule has 2 aromatic carbocycles. The number of anilines is 1. The van der Waals surface area contributed by atoms with Crippen LogP contribution >= 0.6 is 0 Å². The summed E-state index contributed by atoms with van der Waals surface area (Å²) in [5, 5.41) is 10.3. The first kappa shape index (κ1) is 18.5. The molecule has 0 aromatic heterocycles. The maximum Gasteiger partial charge on any atom is 0.137 e. The third kappa shape index (κ3) is 5.09. The fourth-order valence-corrected chi connectivity index (χ4v) is 3.21. The van der Waals surface area contributed by atoms with Crippen LogP contribution in [0.15, 0.2) is 48.5 Å². The van der Waals surface area contributed by atoms with Crippen molar-refractivity contribution in [3.63, 3.8) is 0 Å². The molecule has 140 valence electrons. The summed E-state index contributed by atoms with van der Waals surface area (Å²) < 4.78 is 23.9. The van der Waals surface area contributed by atoms with Gasteiger partial charge in [0.05, 0.1) is 33.3 Å². The Hall–Kier alpha value is -2.31. The van der Waals surface area contributed by atoms with Gasteiger partial charge in [0.25, 0.3) is 0 Å². The Morgan fingerprint density at radius 3 is 2.50 bits per heavy atom. The van der Waals surface area contributed by atoms with E-state index < -0.39 is 6.10 Å². The van der Waals surface area contributed by atoms with Crippen molar-refractivity contribution < 1.29 is 23.9 Å². The smallest absolute Gasteiger partial charge is 0.137 e. The SMILES string of the molecule is COc1cccc(OC[C@H](O)C[NH+]2CCN(c3ccc(F)cc3)CC2)c1. The number of methoxy groups -OCH3 is 1. The predicted molar refractivity (Wildman–Crippen MR) is 98.7 cm³/mol. The van der Waals surface area contributed by atoms with Gasteiger partial charge in [0.2, 0.25) is 0 Å². The maximum absolute atomic E-state index is 13.0. The molecule has 0 unspecified atom stereocenters. The highest BCUT2D eigenvalue weighted by Gasteiger charge is 2.22. The molecule has 0 spiro atoms. The normalized spacial score (nSPS) is 16.3. The van der Waals surface area contributed by atoms with E-state index in [2.05, 4.69) is 4.90 Å². The van der Waals surface area contributed by atoms with Crippen molar-refractivity contribution in [3.8, 4) is 11.5 Å². The molecule has 1 atom stereocenters. The fourth-order valence-electron chi connectivity index (χ4n) is 3.21. The number of aliphatic hydroxyl groups excluding tert-OH is 1. The lowest BCUT2D eigenvalue weighted by molar-refractivity contribution is -0.903. The standard InChI is InChI=1S/C20H25FN2O3/c1-25-19-3-2-4-20(13-19)26-15-18(24)14-22-9-11-23(12-10-22)17-7-5-16(21)6-8-17/h2-8,13,18,24H,9-12,14-15H2,1H3/p+1/t18-/m1/s1. The minimum atomic E-state index is -0.520. The lowest BCUT2D eigenvalue weighted by Gasteiger charge is -2.34. The lowest BCUT2D eigenvalue weighted by atomic mass is 10.2. The molecule has 1 saturated heterocycles. The Morgan fingerprint density at radius 2 is 1.81 bits per heavy atom. The number of nitrogens with zero attached hydrogens (tertiary/aromatic N) is 1. The number of quaternary nitrogens is 1. The summed E-state index contributed by atoms with van der Waals surface area (Å²) in [6.07, 6.45) is -0.520. The second-order valence-corrected chi connectivity index (χ2v) is 6.56. The Kier molecular flexibility index (Phi) is 6.30. The van der Waals surface area contributed by atoms with Gasteiger partial charge in [0.15, 0.2) is 0 Å². The van der Waals surface area contributed by atoms with Gasteiger partial charge in [-0.1, -0.05) is 6.07 Å². The number of halogens is 1. The van der Waals surface area contributed by atoms with Crippen LogP contribution in [0.5, 0.6) is 11.5 Å². The van der Waals surface area contributed by atoms with E-state index in [0.29, 0.717) is 12.3 Å². The zero-order chi connectivity index (χ0) is 18.4. The first-order valence-electron chi connectivity index (χ1n) is 8.93. The largest absolute Gasteiger partial charge is 0.497 e. The van der Waals surface area contributed by atoms with Crippen molar-refractivity contribution in [2.24, 2.45) is 0 Å². The van der Waals surface area contributed by atoms with Gasteiger partial charge in [0, 0.05) is 11.8 Å². The molecule has 2 N–H and O–H groups in total. The summed E-state index contributed by atoms with van der Waals surface area (Å²) >= 11 is 0. The average Bonchev–Trinajstić information content (AvgIpc) is 2.68. The Labute approximate surface area is 153 Å². The number of benzene rings is 2. The van der Waals surface area contributed by atoms with E-state index in [1.54, 1.807) is 13.2 Å². The van der Waals surface area contributed by atoms with Gasteiger partial charge in [-0.2, -0.15) is 0 Å². The third-order valence-corrected chi connectivity index (χ3v) is 4.67. The summed E-state index contributed by atoms with van der Waals surface area (Å²) in [6, 6.07) is 14.0. The minimum Gasteiger partial charge on any atom is -0.497 e. The molecular formula is C20H26FN2O3+. The molecule has 0 saturated carbocycles. The summed E-state index contributed by atoms with van der Waals surface area (Å²) in [4.78, 5) is 3.60. The maximum atomic E-state index is 13.0. The molecule has 1 heterocycles. The number of piperazine rings is 1. The zero-order valence-corrected chi connectivity index (χ0v) is 15.0. The van der Waals surface area contributed by atoms with Crippen molar-refractivity contribution in [1.29, 1.82) is 0 Å². The molecule has 2 aromatic rings. The first-order valence-corrected chi connectivity index (χ1v) is 8.93. The second-order valence-electron chi connectivity index (χ2n) is 6.56. The number of ether oxygens (including phenoxy) is 2. The Balaban J connectivity index is 1.41. The van der Waals surface area contributed by atoms with Crippen LogP contribution in [0, 0.1) is 5.82 Å². The van der Waals surface area contributed by atoms with Crippen LogP contribution in [-0.2, 0) is 0 Å². The van der Waals surface area contributed by atoms with E-state index >= 15 is 0 Å². The van der Waals surface area contributed by atoms with E-state index in [4.69, 9.17) is 9.47 Å². The van der Waals surface area contributed by atoms with Gasteiger partial charge in [-0.05, 0) is 36.4 Å². The molecule has 0 aliphatic carbocycles. The number of nitrogens with one attached hydrogen (secondary N) is 1. The molecule has 3 rings (SSSR count). The molecular weight excluding hydrogens is 335 g/mol. The lowest BCUT2D eigenvalue weighted by Crippen LogP contribution is -3.16. The van der Waals surface area contributed by atoms with E-state index in [-0.39, 0.29) is 12.4 Å². The molecule has 1 fully saturated rings. The van der Waals surface area contributed by atoms with E-state index in [1.165, 1.54) is 17.0 Å². The van der Waals surface area contributed by atoms with Crippen LogP contribution in [0.3, 0.4) is 0 Å². The second kappa shape index (κ2) is 8.87. The molecule has 5 nitrogen and oxygen atoms in total. The molecule has 6 heteroatoms. The Morgan fingerprint density at radius 1 is 1.12 bits per heavy atom. The van der Waals surface area contributed by atoms with E-state index in [9.17, 15) is 9.50 Å². The van der Waals surface area contributed by atoms with Crippen LogP contribution in [0.2, 0.25) is 0 Å². The molecule has 1 aliphatic rings. The highest BCUT2D eigenvalue weighted by atomic mass is 19.1. The average molecular weight is 361 g/mol. The summed E-state index contributed by atoms with van der Waals surface area (Å²) in [5.74, 6) is 1.22. The van der Waals surface area contributed by atoms with Crippen molar-refractivity contribution >= 4 is 5.69 Å². The van der Waals surface area contributed by atoms with Gasteiger partial charge >= 0.3 is 0 Å². The molecule has 26 heavy (non-hydrogen) atoms. The van der Waals surface area contributed by atoms with Crippen LogP contribution < -0.4 is 19.3 Å². The topological polar surface area (TPSA) is 46.4 Å². The molecule has 0 radical (unpaired) electrons. The number of hydrogen-bond acceptors (Lipinski definition) is 4. The van der Waals surface area contributed by atoms with Crippen LogP contribution in [0.4, 0.5) is 10.1 Å². The highest BCUT2D eigenvalue weighted by Crippen LogP contribution is 2.19. The van der Waals surface area contributed by atoms with Crippen molar-refractivity contribution in [3.05, 3.63) is 54.3 Å². The molecule has 1 aliphatic heterocycles. The monoisotopic (exact) mass is 361 g/mol. The fraction of sp³-hybridized carbons (Fsp3) is 0.400. The Bertz CT molecular complexity index is 688. The molecule has 0 amide bonds. The summed E-state index contributed by atoms with van der Waals surface area (Å²) in [6.45, 7) is 4.58. The van der Waals surface area contributed by atoms with Gasteiger partial charge in [-0.15, -0.1) is 0 Å². The summed E-state index contributed by atoms with van der Waals surface area (Å²) in [7, 11) is 1.61. The van der Waals surface area contributed by atoms with Crippen LogP contribution in [0.1, 0.15) is 0 Å². The number of hydrogen-bond donors (Lipinski definition) is 2. The van der Waals surface area contributed by atoms with Crippen molar-refractivity contribution in [2.45, 2.75) is 6.10 Å². The highest BCUT2D eigenvalue weighted by molar-refractivity contribution is 5.46. The quantitative estimate of drug-likeness (QED) is 0.772. The molecule has 0 bridgehead atoms.